The first-order valence-electron chi connectivity index (χ1n) is 9.90. The van der Waals surface area contributed by atoms with E-state index in [0.29, 0.717) is 6.54 Å². The normalized spacial score (nSPS) is 11.2. The number of aryl methyl sites for hydroxylation is 1. The molecule has 0 saturated heterocycles. The van der Waals surface area contributed by atoms with E-state index >= 15 is 0 Å². The highest BCUT2D eigenvalue weighted by Gasteiger charge is 2.04. The fourth-order valence-electron chi connectivity index (χ4n) is 3.05. The number of nitrogens with zero attached hydrogens (tertiary/aromatic N) is 2. The summed E-state index contributed by atoms with van der Waals surface area (Å²) in [5.41, 5.74) is 4.98. The zero-order chi connectivity index (χ0) is 20.4. The van der Waals surface area contributed by atoms with Crippen LogP contribution in [0.3, 0.4) is 0 Å². The minimum absolute atomic E-state index is 0. The molecule has 0 fully saturated rings. The third-order valence-electron chi connectivity index (χ3n) is 4.41. The van der Waals surface area contributed by atoms with Gasteiger partial charge >= 0.3 is 0 Å². The zero-order valence-electron chi connectivity index (χ0n) is 18.3. The molecule has 0 heterocycles. The predicted molar refractivity (Wildman–Crippen MR) is 134 cm³/mol. The second-order valence-corrected chi connectivity index (χ2v) is 7.24. The van der Waals surface area contributed by atoms with Gasteiger partial charge in [-0.25, -0.2) is 4.99 Å². The van der Waals surface area contributed by atoms with Crippen LogP contribution in [0, 0.1) is 6.92 Å². The molecule has 0 radical (unpaired) electrons. The molecule has 0 amide bonds. The third-order valence-corrected chi connectivity index (χ3v) is 4.41. The van der Waals surface area contributed by atoms with Crippen LogP contribution in [0.1, 0.15) is 29.2 Å². The van der Waals surface area contributed by atoms with E-state index in [1.165, 1.54) is 22.3 Å². The van der Waals surface area contributed by atoms with E-state index in [1.807, 2.05) is 6.07 Å². The number of aliphatic imine (C=N–C) groups is 1. The van der Waals surface area contributed by atoms with Crippen LogP contribution in [0.2, 0.25) is 0 Å². The lowest BCUT2D eigenvalue weighted by molar-refractivity contribution is 0.402. The topological polar surface area (TPSA) is 48.9 Å². The van der Waals surface area contributed by atoms with E-state index < -0.39 is 0 Å². The van der Waals surface area contributed by atoms with Crippen molar-refractivity contribution in [2.45, 2.75) is 33.4 Å². The maximum Gasteiger partial charge on any atom is 0.191 e. The molecule has 0 aliphatic carbocycles. The molecule has 0 atom stereocenters. The maximum absolute atomic E-state index is 5.47. The van der Waals surface area contributed by atoms with Gasteiger partial charge in [-0.1, -0.05) is 42.0 Å². The van der Waals surface area contributed by atoms with E-state index in [-0.39, 0.29) is 24.0 Å². The second-order valence-electron chi connectivity index (χ2n) is 7.24. The van der Waals surface area contributed by atoms with Crippen molar-refractivity contribution < 1.29 is 4.74 Å². The summed E-state index contributed by atoms with van der Waals surface area (Å²) in [7, 11) is 5.88. The Bertz CT molecular complexity index is 760. The van der Waals surface area contributed by atoms with Crippen molar-refractivity contribution in [2.75, 3.05) is 34.3 Å². The van der Waals surface area contributed by atoms with Crippen molar-refractivity contribution >= 4 is 29.9 Å². The minimum atomic E-state index is 0. The van der Waals surface area contributed by atoms with Crippen molar-refractivity contribution in [3.05, 3.63) is 64.7 Å². The number of methoxy groups -OCH3 is 1. The largest absolute Gasteiger partial charge is 0.496 e. The lowest BCUT2D eigenvalue weighted by atomic mass is 10.1. The fraction of sp³-hybridized carbons (Fsp3) is 0.435. The lowest BCUT2D eigenvalue weighted by Crippen LogP contribution is -2.38. The van der Waals surface area contributed by atoms with Crippen LogP contribution in [-0.2, 0) is 19.5 Å². The molecule has 2 aromatic carbocycles. The highest BCUT2D eigenvalue weighted by molar-refractivity contribution is 14.0. The average molecular weight is 510 g/mol. The number of rotatable bonds is 9. The van der Waals surface area contributed by atoms with Gasteiger partial charge < -0.3 is 20.3 Å². The zero-order valence-corrected chi connectivity index (χ0v) is 20.6. The Hall–Kier alpha value is -1.80. The summed E-state index contributed by atoms with van der Waals surface area (Å²) in [6, 6.07) is 15.0. The van der Waals surface area contributed by atoms with Gasteiger partial charge in [0.05, 0.1) is 13.7 Å². The molecule has 0 aromatic heterocycles. The summed E-state index contributed by atoms with van der Waals surface area (Å²) < 4.78 is 5.47. The number of guanidine groups is 1. The quantitative estimate of drug-likeness (QED) is 0.305. The van der Waals surface area contributed by atoms with Crippen molar-refractivity contribution in [1.29, 1.82) is 0 Å². The van der Waals surface area contributed by atoms with Crippen molar-refractivity contribution in [3.8, 4) is 5.75 Å². The maximum atomic E-state index is 5.47. The number of halogens is 1. The summed E-state index contributed by atoms with van der Waals surface area (Å²) in [6.07, 6.45) is 0.883. The molecule has 0 bridgehead atoms. The molecule has 0 aliphatic heterocycles. The van der Waals surface area contributed by atoms with E-state index in [9.17, 15) is 0 Å². The highest BCUT2D eigenvalue weighted by Crippen LogP contribution is 2.19. The molecule has 29 heavy (non-hydrogen) atoms. The first kappa shape index (κ1) is 25.2. The Morgan fingerprint density at radius 3 is 2.34 bits per heavy atom. The van der Waals surface area contributed by atoms with Crippen LogP contribution in [0.15, 0.2) is 47.5 Å². The Labute approximate surface area is 193 Å². The Morgan fingerprint density at radius 2 is 1.72 bits per heavy atom. The number of ether oxygens (including phenoxy) is 1. The molecule has 6 heteroatoms. The van der Waals surface area contributed by atoms with Crippen molar-refractivity contribution in [1.82, 2.24) is 15.5 Å². The van der Waals surface area contributed by atoms with Gasteiger partial charge in [-0.05, 0) is 57.1 Å². The molecule has 2 rings (SSSR count). The first-order valence-corrected chi connectivity index (χ1v) is 9.90. The van der Waals surface area contributed by atoms with Gasteiger partial charge in [-0.15, -0.1) is 24.0 Å². The molecular formula is C23H35IN4O. The van der Waals surface area contributed by atoms with E-state index in [4.69, 9.17) is 9.73 Å². The number of hydrogen-bond donors (Lipinski definition) is 2. The number of hydrogen-bond acceptors (Lipinski definition) is 3. The molecular weight excluding hydrogens is 475 g/mol. The monoisotopic (exact) mass is 510 g/mol. The second kappa shape index (κ2) is 13.4. The van der Waals surface area contributed by atoms with Gasteiger partial charge in [0.15, 0.2) is 5.96 Å². The van der Waals surface area contributed by atoms with Gasteiger partial charge in [0.25, 0.3) is 0 Å². The van der Waals surface area contributed by atoms with Crippen LogP contribution in [0.4, 0.5) is 0 Å². The van der Waals surface area contributed by atoms with Gasteiger partial charge in [-0.2, -0.15) is 0 Å². The van der Waals surface area contributed by atoms with Crippen molar-refractivity contribution in [2.24, 2.45) is 4.99 Å². The Morgan fingerprint density at radius 1 is 1.03 bits per heavy atom. The molecule has 0 aliphatic rings. The van der Waals surface area contributed by atoms with Crippen LogP contribution < -0.4 is 15.4 Å². The smallest absolute Gasteiger partial charge is 0.191 e. The van der Waals surface area contributed by atoms with Crippen LogP contribution in [-0.4, -0.2) is 45.2 Å². The van der Waals surface area contributed by atoms with E-state index in [2.05, 4.69) is 79.9 Å². The van der Waals surface area contributed by atoms with Crippen molar-refractivity contribution in [3.63, 3.8) is 0 Å². The molecule has 0 saturated carbocycles. The van der Waals surface area contributed by atoms with Crippen LogP contribution in [0.25, 0.3) is 0 Å². The third kappa shape index (κ3) is 9.04. The Balaban J connectivity index is 0.00000420. The van der Waals surface area contributed by atoms with Crippen LogP contribution >= 0.6 is 24.0 Å². The predicted octanol–water partition coefficient (Wildman–Crippen LogP) is 3.98. The summed E-state index contributed by atoms with van der Waals surface area (Å²) in [4.78, 5) is 6.89. The SMILES string of the molecule is CCNC(=NCc1ccc(CN(C)C)cc1)NCCc1cc(C)ccc1OC.I. The number of nitrogens with one attached hydrogen (secondary N) is 2. The lowest BCUT2D eigenvalue weighted by Gasteiger charge is -2.13. The molecule has 2 N–H and O–H groups in total. The minimum Gasteiger partial charge on any atom is -0.496 e. The van der Waals surface area contributed by atoms with Gasteiger partial charge in [0.2, 0.25) is 0 Å². The highest BCUT2D eigenvalue weighted by atomic mass is 127. The molecule has 0 unspecified atom stereocenters. The Kier molecular flexibility index (Phi) is 11.7. The molecule has 0 spiro atoms. The molecule has 5 nitrogen and oxygen atoms in total. The van der Waals surface area contributed by atoms with Crippen LogP contribution in [0.5, 0.6) is 5.75 Å². The van der Waals surface area contributed by atoms with Gasteiger partial charge in [-0.3, -0.25) is 0 Å². The average Bonchev–Trinajstić information content (AvgIpc) is 2.67. The van der Waals surface area contributed by atoms with Gasteiger partial charge in [0.1, 0.15) is 5.75 Å². The summed E-state index contributed by atoms with van der Waals surface area (Å²) in [5, 5.41) is 6.74. The fourth-order valence-corrected chi connectivity index (χ4v) is 3.05. The standard InChI is InChI=1S/C23H34N4O.HI/c1-6-24-23(25-14-13-21-15-18(2)7-12-22(21)28-5)26-16-19-8-10-20(11-9-19)17-27(3)4;/h7-12,15H,6,13-14,16-17H2,1-5H3,(H2,24,25,26);1H. The summed E-state index contributed by atoms with van der Waals surface area (Å²) in [5.74, 6) is 1.78. The molecule has 2 aromatic rings. The first-order chi connectivity index (χ1) is 13.5. The van der Waals surface area contributed by atoms with E-state index in [1.54, 1.807) is 7.11 Å². The summed E-state index contributed by atoms with van der Waals surface area (Å²) >= 11 is 0. The molecule has 160 valence electrons. The van der Waals surface area contributed by atoms with E-state index in [0.717, 1.165) is 37.8 Å². The van der Waals surface area contributed by atoms with Gasteiger partial charge in [0, 0.05) is 19.6 Å². The summed E-state index contributed by atoms with van der Waals surface area (Å²) in [6.45, 7) is 7.43. The number of benzene rings is 2.